The van der Waals surface area contributed by atoms with Crippen molar-refractivity contribution in [1.29, 1.82) is 0 Å². The summed E-state index contributed by atoms with van der Waals surface area (Å²) in [5.74, 6) is 0. The smallest absolute Gasteiger partial charge is 0.242 e. The topological polar surface area (TPSA) is 12.0 Å². The molecule has 2 rings (SSSR count). The standard InChI is InChI=1S/C13H17F2N/c14-13(15)9-11-5-2-1-4-10(11)8-12-6-3-7-16-12/h1-2,4-5,12-13,16H,3,6-9H2. The fraction of sp³-hybridized carbons (Fsp3) is 0.538. The van der Waals surface area contributed by atoms with Crippen molar-refractivity contribution >= 4 is 0 Å². The molecule has 1 aromatic rings. The fourth-order valence-corrected chi connectivity index (χ4v) is 2.32. The van der Waals surface area contributed by atoms with E-state index in [0.717, 1.165) is 30.5 Å². The number of nitrogens with one attached hydrogen (secondary N) is 1. The van der Waals surface area contributed by atoms with Crippen molar-refractivity contribution in [2.45, 2.75) is 38.2 Å². The summed E-state index contributed by atoms with van der Waals surface area (Å²) in [5.41, 5.74) is 1.87. The summed E-state index contributed by atoms with van der Waals surface area (Å²) >= 11 is 0. The van der Waals surface area contributed by atoms with Gasteiger partial charge in [0.25, 0.3) is 0 Å². The molecule has 0 amide bonds. The van der Waals surface area contributed by atoms with Crippen LogP contribution in [-0.4, -0.2) is 19.0 Å². The van der Waals surface area contributed by atoms with E-state index < -0.39 is 6.43 Å². The Balaban J connectivity index is 2.06. The van der Waals surface area contributed by atoms with E-state index in [4.69, 9.17) is 0 Å². The van der Waals surface area contributed by atoms with Gasteiger partial charge in [0, 0.05) is 12.5 Å². The SMILES string of the molecule is FC(F)Cc1ccccc1CC1CCCN1. The minimum absolute atomic E-state index is 0.122. The third-order valence-corrected chi connectivity index (χ3v) is 3.12. The Hall–Kier alpha value is -0.960. The van der Waals surface area contributed by atoms with Crippen molar-refractivity contribution < 1.29 is 8.78 Å². The number of rotatable bonds is 4. The molecule has 16 heavy (non-hydrogen) atoms. The molecule has 1 aromatic carbocycles. The quantitative estimate of drug-likeness (QED) is 0.830. The maximum absolute atomic E-state index is 12.4. The lowest BCUT2D eigenvalue weighted by atomic mass is 9.98. The number of benzene rings is 1. The van der Waals surface area contributed by atoms with Gasteiger partial charge in [-0.1, -0.05) is 24.3 Å². The summed E-state index contributed by atoms with van der Waals surface area (Å²) in [6.07, 6.45) is 0.855. The van der Waals surface area contributed by atoms with Crippen molar-refractivity contribution in [3.63, 3.8) is 0 Å². The van der Waals surface area contributed by atoms with Gasteiger partial charge in [-0.2, -0.15) is 0 Å². The molecule has 1 N–H and O–H groups in total. The lowest BCUT2D eigenvalue weighted by molar-refractivity contribution is 0.148. The van der Waals surface area contributed by atoms with Crippen LogP contribution in [0.1, 0.15) is 24.0 Å². The van der Waals surface area contributed by atoms with E-state index in [9.17, 15) is 8.78 Å². The summed E-state index contributed by atoms with van der Waals surface area (Å²) in [7, 11) is 0. The number of hydrogen-bond donors (Lipinski definition) is 1. The van der Waals surface area contributed by atoms with Crippen molar-refractivity contribution in [2.75, 3.05) is 6.54 Å². The van der Waals surface area contributed by atoms with Crippen LogP contribution in [0, 0.1) is 0 Å². The van der Waals surface area contributed by atoms with Crippen LogP contribution in [-0.2, 0) is 12.8 Å². The van der Waals surface area contributed by atoms with Crippen LogP contribution in [0.3, 0.4) is 0 Å². The molecule has 1 aliphatic rings. The molecule has 3 heteroatoms. The van der Waals surface area contributed by atoms with Gasteiger partial charge in [-0.3, -0.25) is 0 Å². The Morgan fingerprint density at radius 2 is 2.00 bits per heavy atom. The molecule has 1 atom stereocenters. The molecule has 1 saturated heterocycles. The van der Waals surface area contributed by atoms with Gasteiger partial charge in [0.1, 0.15) is 0 Å². The first-order chi connectivity index (χ1) is 7.75. The van der Waals surface area contributed by atoms with E-state index in [1.54, 1.807) is 0 Å². The fourth-order valence-electron chi connectivity index (χ4n) is 2.32. The Labute approximate surface area is 94.9 Å². The van der Waals surface area contributed by atoms with Crippen molar-refractivity contribution in [1.82, 2.24) is 5.32 Å². The van der Waals surface area contributed by atoms with Gasteiger partial charge < -0.3 is 5.32 Å². The lowest BCUT2D eigenvalue weighted by Gasteiger charge is -2.13. The third-order valence-electron chi connectivity index (χ3n) is 3.12. The molecule has 88 valence electrons. The van der Waals surface area contributed by atoms with Crippen molar-refractivity contribution in [3.05, 3.63) is 35.4 Å². The molecule has 0 spiro atoms. The first-order valence-electron chi connectivity index (χ1n) is 5.84. The van der Waals surface area contributed by atoms with Gasteiger partial charge in [0.2, 0.25) is 6.43 Å². The van der Waals surface area contributed by atoms with Crippen LogP contribution in [0.15, 0.2) is 24.3 Å². The average Bonchev–Trinajstić information content (AvgIpc) is 2.73. The van der Waals surface area contributed by atoms with Crippen LogP contribution in [0.5, 0.6) is 0 Å². The van der Waals surface area contributed by atoms with Crippen LogP contribution in [0.4, 0.5) is 8.78 Å². The monoisotopic (exact) mass is 225 g/mol. The number of alkyl halides is 2. The minimum Gasteiger partial charge on any atom is -0.314 e. The van der Waals surface area contributed by atoms with Gasteiger partial charge in [0.15, 0.2) is 0 Å². The highest BCUT2D eigenvalue weighted by molar-refractivity contribution is 5.28. The summed E-state index contributed by atoms with van der Waals surface area (Å²) in [4.78, 5) is 0. The maximum atomic E-state index is 12.4. The Kier molecular flexibility index (Phi) is 3.88. The van der Waals surface area contributed by atoms with Gasteiger partial charge in [0.05, 0.1) is 0 Å². The summed E-state index contributed by atoms with van der Waals surface area (Å²) < 4.78 is 24.8. The largest absolute Gasteiger partial charge is 0.314 e. The zero-order valence-corrected chi connectivity index (χ0v) is 9.26. The van der Waals surface area contributed by atoms with Crippen LogP contribution < -0.4 is 5.32 Å². The summed E-state index contributed by atoms with van der Waals surface area (Å²) in [6, 6.07) is 8.02. The van der Waals surface area contributed by atoms with Crippen LogP contribution in [0.25, 0.3) is 0 Å². The predicted octanol–water partition coefficient (Wildman–Crippen LogP) is 2.79. The van der Waals surface area contributed by atoms with Crippen molar-refractivity contribution in [3.8, 4) is 0 Å². The molecule has 0 aliphatic carbocycles. The lowest BCUT2D eigenvalue weighted by Crippen LogP contribution is -2.24. The van der Waals surface area contributed by atoms with Crippen LogP contribution in [0.2, 0.25) is 0 Å². The first kappa shape index (κ1) is 11.5. The first-order valence-corrected chi connectivity index (χ1v) is 5.84. The van der Waals surface area contributed by atoms with E-state index in [0.29, 0.717) is 6.04 Å². The molecule has 0 aromatic heterocycles. The van der Waals surface area contributed by atoms with Crippen LogP contribution >= 0.6 is 0 Å². The molecule has 0 saturated carbocycles. The minimum atomic E-state index is -2.25. The van der Waals surface area contributed by atoms with Gasteiger partial charge in [-0.05, 0) is 36.9 Å². The molecule has 1 fully saturated rings. The second-order valence-electron chi connectivity index (χ2n) is 4.36. The molecule has 1 unspecified atom stereocenters. The highest BCUT2D eigenvalue weighted by atomic mass is 19.3. The van der Waals surface area contributed by atoms with Crippen molar-refractivity contribution in [2.24, 2.45) is 0 Å². The Morgan fingerprint density at radius 1 is 1.25 bits per heavy atom. The Morgan fingerprint density at radius 3 is 2.62 bits per heavy atom. The molecule has 1 aliphatic heterocycles. The average molecular weight is 225 g/mol. The predicted molar refractivity (Wildman–Crippen MR) is 60.9 cm³/mol. The van der Waals surface area contributed by atoms with E-state index >= 15 is 0 Å². The van der Waals surface area contributed by atoms with E-state index in [1.807, 2.05) is 24.3 Å². The summed E-state index contributed by atoms with van der Waals surface area (Å²) in [5, 5.41) is 3.40. The molecule has 0 radical (unpaired) electrons. The second-order valence-corrected chi connectivity index (χ2v) is 4.36. The highest BCUT2D eigenvalue weighted by Crippen LogP contribution is 2.18. The zero-order chi connectivity index (χ0) is 11.4. The third kappa shape index (κ3) is 3.01. The zero-order valence-electron chi connectivity index (χ0n) is 9.26. The van der Waals surface area contributed by atoms with Gasteiger partial charge >= 0.3 is 0 Å². The number of hydrogen-bond acceptors (Lipinski definition) is 1. The van der Waals surface area contributed by atoms with Gasteiger partial charge in [-0.15, -0.1) is 0 Å². The molecular formula is C13H17F2N. The summed E-state index contributed by atoms with van der Waals surface area (Å²) in [6.45, 7) is 1.06. The van der Waals surface area contributed by atoms with E-state index in [2.05, 4.69) is 5.32 Å². The second kappa shape index (κ2) is 5.39. The van der Waals surface area contributed by atoms with Gasteiger partial charge in [-0.25, -0.2) is 8.78 Å². The van der Waals surface area contributed by atoms with E-state index in [-0.39, 0.29) is 6.42 Å². The normalized spacial score (nSPS) is 20.6. The number of halogens is 2. The molecular weight excluding hydrogens is 208 g/mol. The maximum Gasteiger partial charge on any atom is 0.242 e. The van der Waals surface area contributed by atoms with E-state index in [1.165, 1.54) is 6.42 Å². The molecule has 0 bridgehead atoms. The highest BCUT2D eigenvalue weighted by Gasteiger charge is 2.16. The molecule has 1 heterocycles. The molecule has 1 nitrogen and oxygen atoms in total. The Bertz CT molecular complexity index is 332.